The van der Waals surface area contributed by atoms with E-state index in [9.17, 15) is 4.79 Å². The first kappa shape index (κ1) is 13.1. The van der Waals surface area contributed by atoms with Gasteiger partial charge in [0.05, 0.1) is 12.1 Å². The van der Waals surface area contributed by atoms with Crippen LogP contribution in [0.2, 0.25) is 0 Å². The Labute approximate surface area is 122 Å². The highest BCUT2D eigenvalue weighted by Crippen LogP contribution is 2.28. The minimum absolute atomic E-state index is 0.181. The summed E-state index contributed by atoms with van der Waals surface area (Å²) in [4.78, 5) is 18.6. The van der Waals surface area contributed by atoms with Gasteiger partial charge in [-0.15, -0.1) is 11.3 Å². The smallest absolute Gasteiger partial charge is 0.228 e. The zero-order chi connectivity index (χ0) is 13.9. The molecule has 2 aromatic rings. The Balaban J connectivity index is 1.74. The zero-order valence-electron chi connectivity index (χ0n) is 11.2. The Hall–Kier alpha value is -1.88. The van der Waals surface area contributed by atoms with Crippen LogP contribution in [0, 0.1) is 0 Å². The number of nitrogens with zero attached hydrogens (tertiary/aromatic N) is 2. The number of para-hydroxylation sites is 1. The minimum atomic E-state index is 0.181. The number of nitrogens with two attached hydrogens (primary N) is 1. The third-order valence-corrected chi connectivity index (χ3v) is 4.46. The van der Waals surface area contributed by atoms with Crippen molar-refractivity contribution in [1.82, 2.24) is 9.88 Å². The average Bonchev–Trinajstić information content (AvgIpc) is 3.10. The Morgan fingerprint density at radius 3 is 2.80 bits per heavy atom. The van der Waals surface area contributed by atoms with Crippen LogP contribution in [0.5, 0.6) is 0 Å². The summed E-state index contributed by atoms with van der Waals surface area (Å²) in [6.07, 6.45) is 2.63. The fourth-order valence-corrected chi connectivity index (χ4v) is 3.30. The maximum atomic E-state index is 12.1. The molecule has 0 unspecified atom stereocenters. The van der Waals surface area contributed by atoms with Gasteiger partial charge in [0.2, 0.25) is 5.91 Å². The largest absolute Gasteiger partial charge is 0.398 e. The number of carbonyl (C=O) groups excluding carboxylic acids is 1. The van der Waals surface area contributed by atoms with E-state index in [1.165, 1.54) is 11.3 Å². The summed E-state index contributed by atoms with van der Waals surface area (Å²) in [7, 11) is 0. The summed E-state index contributed by atoms with van der Waals surface area (Å²) in [5.41, 5.74) is 8.46. The molecule has 0 saturated carbocycles. The summed E-state index contributed by atoms with van der Waals surface area (Å²) >= 11 is 1.54. The van der Waals surface area contributed by atoms with Crippen LogP contribution in [0.15, 0.2) is 29.6 Å². The van der Waals surface area contributed by atoms with Gasteiger partial charge in [0, 0.05) is 29.7 Å². The highest BCUT2D eigenvalue weighted by molar-refractivity contribution is 7.13. The second kappa shape index (κ2) is 5.63. The van der Waals surface area contributed by atoms with E-state index in [4.69, 9.17) is 5.73 Å². The Morgan fingerprint density at radius 2 is 2.05 bits per heavy atom. The molecule has 2 heterocycles. The molecule has 1 saturated heterocycles. The van der Waals surface area contributed by atoms with Crippen LogP contribution in [0.25, 0.3) is 10.6 Å². The number of likely N-dealkylation sites (tertiary alicyclic amines) is 1. The summed E-state index contributed by atoms with van der Waals surface area (Å²) in [5.74, 6) is 0.181. The minimum Gasteiger partial charge on any atom is -0.398 e. The van der Waals surface area contributed by atoms with Crippen molar-refractivity contribution in [3.8, 4) is 10.6 Å². The molecule has 0 bridgehead atoms. The van der Waals surface area contributed by atoms with Crippen LogP contribution >= 0.6 is 11.3 Å². The predicted molar refractivity (Wildman–Crippen MR) is 81.5 cm³/mol. The van der Waals surface area contributed by atoms with E-state index in [2.05, 4.69) is 4.98 Å². The van der Waals surface area contributed by atoms with Gasteiger partial charge >= 0.3 is 0 Å². The molecule has 0 aliphatic carbocycles. The number of anilines is 1. The standard InChI is InChI=1S/C15H17N3OS/c16-13-6-2-1-5-12(13)15-17-11(10-20-15)9-14(19)18-7-3-4-8-18/h1-2,5-6,10H,3-4,7-9,16H2. The lowest BCUT2D eigenvalue weighted by atomic mass is 10.2. The number of nitrogen functional groups attached to an aromatic ring is 1. The van der Waals surface area contributed by atoms with E-state index in [0.717, 1.165) is 47.9 Å². The van der Waals surface area contributed by atoms with Crippen LogP contribution in [0.1, 0.15) is 18.5 Å². The van der Waals surface area contributed by atoms with E-state index >= 15 is 0 Å². The lowest BCUT2D eigenvalue weighted by Crippen LogP contribution is -2.29. The van der Waals surface area contributed by atoms with Crippen molar-refractivity contribution in [1.29, 1.82) is 0 Å². The van der Waals surface area contributed by atoms with E-state index < -0.39 is 0 Å². The molecule has 1 fully saturated rings. The van der Waals surface area contributed by atoms with Crippen LogP contribution in [-0.4, -0.2) is 28.9 Å². The lowest BCUT2D eigenvalue weighted by Gasteiger charge is -2.13. The van der Waals surface area contributed by atoms with Crippen molar-refractivity contribution in [3.63, 3.8) is 0 Å². The molecule has 0 atom stereocenters. The van der Waals surface area contributed by atoms with E-state index in [0.29, 0.717) is 6.42 Å². The van der Waals surface area contributed by atoms with Crippen LogP contribution < -0.4 is 5.73 Å². The molecule has 2 N–H and O–H groups in total. The highest BCUT2D eigenvalue weighted by atomic mass is 32.1. The van der Waals surface area contributed by atoms with Gasteiger partial charge in [0.15, 0.2) is 0 Å². The van der Waals surface area contributed by atoms with Crippen molar-refractivity contribution in [2.45, 2.75) is 19.3 Å². The Bertz CT molecular complexity index is 617. The molecule has 1 aliphatic rings. The SMILES string of the molecule is Nc1ccccc1-c1nc(CC(=O)N2CCCC2)cs1. The van der Waals surface area contributed by atoms with Crippen molar-refractivity contribution >= 4 is 22.9 Å². The van der Waals surface area contributed by atoms with Gasteiger partial charge < -0.3 is 10.6 Å². The third-order valence-electron chi connectivity index (χ3n) is 3.53. The quantitative estimate of drug-likeness (QED) is 0.883. The number of hydrogen-bond acceptors (Lipinski definition) is 4. The number of thiazole rings is 1. The van der Waals surface area contributed by atoms with Crippen LogP contribution in [0.4, 0.5) is 5.69 Å². The maximum Gasteiger partial charge on any atom is 0.228 e. The summed E-state index contributed by atoms with van der Waals surface area (Å²) < 4.78 is 0. The molecule has 4 nitrogen and oxygen atoms in total. The van der Waals surface area contributed by atoms with Crippen molar-refractivity contribution in [2.24, 2.45) is 0 Å². The topological polar surface area (TPSA) is 59.2 Å². The number of amides is 1. The molecule has 20 heavy (non-hydrogen) atoms. The molecule has 1 aromatic carbocycles. The van der Waals surface area contributed by atoms with Crippen LogP contribution in [0.3, 0.4) is 0 Å². The molecule has 104 valence electrons. The van der Waals surface area contributed by atoms with Gasteiger partial charge in [-0.05, 0) is 25.0 Å². The number of aromatic nitrogens is 1. The number of rotatable bonds is 3. The molecule has 0 radical (unpaired) electrons. The molecule has 3 rings (SSSR count). The first-order valence-corrected chi connectivity index (χ1v) is 7.69. The second-order valence-corrected chi connectivity index (χ2v) is 5.85. The zero-order valence-corrected chi connectivity index (χ0v) is 12.0. The van der Waals surface area contributed by atoms with Gasteiger partial charge in [-0.2, -0.15) is 0 Å². The summed E-state index contributed by atoms with van der Waals surface area (Å²) in [6.45, 7) is 1.78. The number of carbonyl (C=O) groups is 1. The lowest BCUT2D eigenvalue weighted by molar-refractivity contribution is -0.129. The van der Waals surface area contributed by atoms with E-state index in [1.807, 2.05) is 34.5 Å². The first-order valence-electron chi connectivity index (χ1n) is 6.81. The maximum absolute atomic E-state index is 12.1. The molecular formula is C15H17N3OS. The van der Waals surface area contributed by atoms with E-state index in [1.54, 1.807) is 0 Å². The van der Waals surface area contributed by atoms with Crippen molar-refractivity contribution in [3.05, 3.63) is 35.3 Å². The summed E-state index contributed by atoms with van der Waals surface area (Å²) in [6, 6.07) is 7.68. The van der Waals surface area contributed by atoms with E-state index in [-0.39, 0.29) is 5.91 Å². The Morgan fingerprint density at radius 1 is 1.30 bits per heavy atom. The van der Waals surface area contributed by atoms with Gasteiger partial charge in [-0.25, -0.2) is 4.98 Å². The number of hydrogen-bond donors (Lipinski definition) is 1. The molecular weight excluding hydrogens is 270 g/mol. The Kier molecular flexibility index (Phi) is 3.69. The highest BCUT2D eigenvalue weighted by Gasteiger charge is 2.19. The normalized spacial score (nSPS) is 14.7. The van der Waals surface area contributed by atoms with Gasteiger partial charge in [0.1, 0.15) is 5.01 Å². The van der Waals surface area contributed by atoms with Crippen molar-refractivity contribution < 1.29 is 4.79 Å². The van der Waals surface area contributed by atoms with Crippen molar-refractivity contribution in [2.75, 3.05) is 18.8 Å². The molecule has 5 heteroatoms. The monoisotopic (exact) mass is 287 g/mol. The average molecular weight is 287 g/mol. The molecule has 1 aromatic heterocycles. The fourth-order valence-electron chi connectivity index (χ4n) is 2.44. The fraction of sp³-hybridized carbons (Fsp3) is 0.333. The number of benzene rings is 1. The predicted octanol–water partition coefficient (Wildman–Crippen LogP) is 2.56. The summed E-state index contributed by atoms with van der Waals surface area (Å²) in [5, 5.41) is 2.84. The molecule has 1 amide bonds. The van der Waals surface area contributed by atoms with Gasteiger partial charge in [0.25, 0.3) is 0 Å². The van der Waals surface area contributed by atoms with Gasteiger partial charge in [-0.1, -0.05) is 12.1 Å². The van der Waals surface area contributed by atoms with Crippen LogP contribution in [-0.2, 0) is 11.2 Å². The molecule has 1 aliphatic heterocycles. The third kappa shape index (κ3) is 2.67. The first-order chi connectivity index (χ1) is 9.74. The second-order valence-electron chi connectivity index (χ2n) is 5.00. The van der Waals surface area contributed by atoms with Gasteiger partial charge in [-0.3, -0.25) is 4.79 Å². The molecule has 0 spiro atoms.